The first-order chi connectivity index (χ1) is 21.5. The third kappa shape index (κ3) is 4.07. The number of aliphatic hydroxyl groups is 2. The lowest BCUT2D eigenvalue weighted by Crippen LogP contribution is -2.62. The molecule has 4 aliphatic carbocycles. The number of hydrogen-bond donors (Lipinski definition) is 2. The van der Waals surface area contributed by atoms with Gasteiger partial charge in [-0.3, -0.25) is 4.79 Å². The minimum Gasteiger partial charge on any atom is -0.393 e. The van der Waals surface area contributed by atoms with Crippen LogP contribution in [0.2, 0.25) is 0 Å². The fourth-order valence-electron chi connectivity index (χ4n) is 10.1. The van der Waals surface area contributed by atoms with E-state index in [1.165, 1.54) is 28.5 Å². The Morgan fingerprint density at radius 3 is 2.69 bits per heavy atom. The van der Waals surface area contributed by atoms with E-state index in [-0.39, 0.29) is 34.7 Å². The van der Waals surface area contributed by atoms with Gasteiger partial charge in [-0.15, -0.1) is 0 Å². The predicted octanol–water partition coefficient (Wildman–Crippen LogP) is 6.31. The number of para-hydroxylation sites is 3. The number of aromatic nitrogens is 4. The van der Waals surface area contributed by atoms with Crippen molar-refractivity contribution in [2.24, 2.45) is 35.6 Å². The number of carbonyl (C=O) groups is 1. The predicted molar refractivity (Wildman–Crippen MR) is 177 cm³/mol. The number of nitrogens with zero attached hydrogens (tertiary/aromatic N) is 4. The van der Waals surface area contributed by atoms with Crippen LogP contribution in [0.25, 0.3) is 22.8 Å². The summed E-state index contributed by atoms with van der Waals surface area (Å²) in [6.07, 6.45) is 8.26. The van der Waals surface area contributed by atoms with Gasteiger partial charge in [0.1, 0.15) is 5.60 Å². The van der Waals surface area contributed by atoms with Crippen LogP contribution in [0.4, 0.5) is 0 Å². The highest BCUT2D eigenvalue weighted by Crippen LogP contribution is 2.67. The van der Waals surface area contributed by atoms with Crippen LogP contribution in [0.3, 0.4) is 0 Å². The number of ketones is 1. The molecule has 0 spiro atoms. The summed E-state index contributed by atoms with van der Waals surface area (Å²) in [5.74, 6) is 0.553. The van der Waals surface area contributed by atoms with Gasteiger partial charge in [-0.05, 0) is 104 Å². The monoisotopic (exact) mass is 622 g/mol. The Balaban J connectivity index is 1.06. The van der Waals surface area contributed by atoms with E-state index in [1.807, 2.05) is 42.1 Å². The molecule has 0 saturated heterocycles. The summed E-state index contributed by atoms with van der Waals surface area (Å²) in [6, 6.07) is 16.3. The largest absolute Gasteiger partial charge is 0.393 e. The molecule has 3 saturated carbocycles. The molecule has 8 rings (SSSR count). The third-order valence-corrected chi connectivity index (χ3v) is 13.5. The fourth-order valence-corrected chi connectivity index (χ4v) is 11.1. The number of carbonyl (C=O) groups excluding carboxylic acids is 1. The van der Waals surface area contributed by atoms with E-state index in [2.05, 4.69) is 55.8 Å². The Labute approximate surface area is 268 Å². The molecule has 2 heterocycles. The highest BCUT2D eigenvalue weighted by molar-refractivity contribution is 7.99. The van der Waals surface area contributed by atoms with Crippen molar-refractivity contribution in [1.29, 1.82) is 0 Å². The van der Waals surface area contributed by atoms with Crippen molar-refractivity contribution in [1.82, 2.24) is 19.3 Å². The van der Waals surface area contributed by atoms with Crippen molar-refractivity contribution in [3.63, 3.8) is 0 Å². The van der Waals surface area contributed by atoms with Gasteiger partial charge in [0, 0.05) is 12.5 Å². The molecule has 0 amide bonds. The van der Waals surface area contributed by atoms with Crippen LogP contribution in [0, 0.1) is 35.5 Å². The van der Waals surface area contributed by atoms with Crippen molar-refractivity contribution in [2.75, 3.05) is 5.75 Å². The second kappa shape index (κ2) is 10.1. The van der Waals surface area contributed by atoms with Crippen molar-refractivity contribution >= 4 is 34.7 Å². The first-order valence-corrected chi connectivity index (χ1v) is 17.4. The number of hydrogen-bond acceptors (Lipinski definition) is 6. The normalized spacial score (nSPS) is 33.7. The van der Waals surface area contributed by atoms with E-state index < -0.39 is 17.1 Å². The quantitative estimate of drug-likeness (QED) is 0.254. The Morgan fingerprint density at radius 1 is 1.11 bits per heavy atom. The van der Waals surface area contributed by atoms with E-state index in [1.54, 1.807) is 0 Å². The van der Waals surface area contributed by atoms with Gasteiger partial charge in [-0.25, -0.2) is 9.67 Å². The number of thioether (sulfide) groups is 1. The van der Waals surface area contributed by atoms with E-state index >= 15 is 0 Å². The highest BCUT2D eigenvalue weighted by Gasteiger charge is 2.68. The molecule has 3 fully saturated rings. The third-order valence-electron chi connectivity index (χ3n) is 12.5. The fraction of sp³-hybridized carbons (Fsp3) is 0.486. The smallest absolute Gasteiger partial charge is 0.175 e. The molecule has 0 bridgehead atoms. The number of imidazole rings is 1. The van der Waals surface area contributed by atoms with E-state index in [0.29, 0.717) is 12.8 Å². The van der Waals surface area contributed by atoms with Crippen LogP contribution >= 0.6 is 11.8 Å². The van der Waals surface area contributed by atoms with Gasteiger partial charge in [-0.2, -0.15) is 5.10 Å². The van der Waals surface area contributed by atoms with Crippen LogP contribution in [0.5, 0.6) is 0 Å². The number of allylic oxidation sites excluding steroid dienone is 1. The van der Waals surface area contributed by atoms with E-state index in [9.17, 15) is 15.0 Å². The number of benzene rings is 2. The molecule has 4 aromatic rings. The van der Waals surface area contributed by atoms with Gasteiger partial charge in [-0.1, -0.05) is 61.5 Å². The maximum atomic E-state index is 14.0. The molecular formula is C37H42N4O3S. The summed E-state index contributed by atoms with van der Waals surface area (Å²) in [5, 5.41) is 29.9. The second-order valence-corrected chi connectivity index (χ2v) is 15.5. The first-order valence-electron chi connectivity index (χ1n) is 16.4. The molecule has 45 heavy (non-hydrogen) atoms. The molecule has 2 N–H and O–H groups in total. The van der Waals surface area contributed by atoms with Gasteiger partial charge in [0.05, 0.1) is 40.5 Å². The van der Waals surface area contributed by atoms with Crippen molar-refractivity contribution < 1.29 is 15.0 Å². The molecule has 7 atom stereocenters. The number of Topliss-reactive ketones (excluding diaryl/α,β-unsaturated/α-hetero) is 1. The number of aliphatic hydroxyl groups excluding tert-OH is 1. The van der Waals surface area contributed by atoms with Crippen LogP contribution in [-0.4, -0.2) is 52.8 Å². The molecule has 2 aromatic heterocycles. The SMILES string of the molecule is Cc1ccccc1-n1ncc2c1C=C1CCC3C([C@@H](O)CC4(C)C3CC[C@]4(O)C(=O)CSc3nc4ccccc4n3C)C1(C)C2. The molecular weight excluding hydrogens is 580 g/mol. The Morgan fingerprint density at radius 2 is 1.89 bits per heavy atom. The molecule has 4 aliphatic rings. The van der Waals surface area contributed by atoms with E-state index in [4.69, 9.17) is 10.1 Å². The Kier molecular flexibility index (Phi) is 6.59. The summed E-state index contributed by atoms with van der Waals surface area (Å²) >= 11 is 1.40. The number of rotatable bonds is 5. The van der Waals surface area contributed by atoms with Crippen molar-refractivity contribution in [3.05, 3.63) is 77.1 Å². The molecule has 2 aromatic carbocycles. The topological polar surface area (TPSA) is 93.2 Å². The average molecular weight is 623 g/mol. The molecule has 5 unspecified atom stereocenters. The second-order valence-electron chi connectivity index (χ2n) is 14.6. The molecule has 7 nitrogen and oxygen atoms in total. The van der Waals surface area contributed by atoms with Gasteiger partial charge in [0.25, 0.3) is 0 Å². The minimum atomic E-state index is -1.45. The van der Waals surface area contributed by atoms with Crippen LogP contribution < -0.4 is 0 Å². The average Bonchev–Trinajstić information content (AvgIpc) is 3.65. The van der Waals surface area contributed by atoms with Crippen LogP contribution in [-0.2, 0) is 18.3 Å². The lowest BCUT2D eigenvalue weighted by atomic mass is 9.45. The van der Waals surface area contributed by atoms with Crippen molar-refractivity contribution in [2.45, 2.75) is 76.2 Å². The maximum Gasteiger partial charge on any atom is 0.175 e. The van der Waals surface area contributed by atoms with Crippen LogP contribution in [0.1, 0.15) is 62.8 Å². The zero-order valence-corrected chi connectivity index (χ0v) is 27.3. The summed E-state index contributed by atoms with van der Waals surface area (Å²) in [6.45, 7) is 6.55. The van der Waals surface area contributed by atoms with Gasteiger partial charge in [0.2, 0.25) is 0 Å². The summed E-state index contributed by atoms with van der Waals surface area (Å²) in [4.78, 5) is 18.7. The zero-order chi connectivity index (χ0) is 31.3. The summed E-state index contributed by atoms with van der Waals surface area (Å²) in [5.41, 5.74) is 5.71. The molecule has 234 valence electrons. The molecule has 0 radical (unpaired) electrons. The number of fused-ring (bicyclic) bond motifs is 7. The molecule has 0 aliphatic heterocycles. The summed E-state index contributed by atoms with van der Waals surface area (Å²) < 4.78 is 4.09. The van der Waals surface area contributed by atoms with Gasteiger partial charge >= 0.3 is 0 Å². The lowest BCUT2D eigenvalue weighted by Gasteiger charge is -2.60. The highest BCUT2D eigenvalue weighted by atomic mass is 32.2. The standard InChI is InChI=1S/C37H42N4O3S/c1-22-9-5-7-11-28(22)41-30-17-24-13-14-25-26-15-16-37(44,32(43)21-45-34-39-27-10-6-8-12-29(27)40(34)4)36(26,3)19-31(42)33(25)35(24,2)18-23(30)20-38-41/h5-12,17,20,25-26,31,33,42,44H,13-16,18-19,21H2,1-4H3/t25?,26?,31-,33?,35?,36?,37-/m0/s1. The van der Waals surface area contributed by atoms with Gasteiger partial charge < -0.3 is 14.8 Å². The van der Waals surface area contributed by atoms with Crippen molar-refractivity contribution in [3.8, 4) is 5.69 Å². The van der Waals surface area contributed by atoms with Gasteiger partial charge in [0.15, 0.2) is 10.9 Å². The first kappa shape index (κ1) is 29.2. The zero-order valence-electron chi connectivity index (χ0n) is 26.5. The number of aryl methyl sites for hydroxylation is 2. The lowest BCUT2D eigenvalue weighted by molar-refractivity contribution is -0.177. The summed E-state index contributed by atoms with van der Waals surface area (Å²) in [7, 11) is 1.97. The van der Waals surface area contributed by atoms with E-state index in [0.717, 1.165) is 53.3 Å². The minimum absolute atomic E-state index is 0.0809. The maximum absolute atomic E-state index is 14.0. The Bertz CT molecular complexity index is 1880. The molecule has 8 heteroatoms. The Hall–Kier alpha value is -3.20. The van der Waals surface area contributed by atoms with Crippen LogP contribution in [0.15, 0.2) is 65.5 Å².